The molecule has 1 rings (SSSR count). The van der Waals surface area contributed by atoms with Gasteiger partial charge in [0, 0.05) is 19.8 Å². The lowest BCUT2D eigenvalue weighted by Gasteiger charge is -2.16. The molecule has 0 atom stereocenters. The van der Waals surface area contributed by atoms with Gasteiger partial charge in [-0.2, -0.15) is 0 Å². The number of ether oxygens (including phenoxy) is 1. The molecule has 0 fully saturated rings. The molecule has 0 spiro atoms. The Hall–Kier alpha value is -1.97. The van der Waals surface area contributed by atoms with E-state index < -0.39 is 5.97 Å². The van der Waals surface area contributed by atoms with Crippen LogP contribution in [-0.4, -0.2) is 26.7 Å². The van der Waals surface area contributed by atoms with E-state index in [1.54, 1.807) is 18.2 Å². The first kappa shape index (κ1) is 12.1. The molecule has 0 aliphatic rings. The van der Waals surface area contributed by atoms with E-state index in [1.165, 1.54) is 6.08 Å². The summed E-state index contributed by atoms with van der Waals surface area (Å²) >= 11 is 0. The van der Waals surface area contributed by atoms with Crippen molar-refractivity contribution in [3.05, 3.63) is 36.4 Å². The zero-order valence-corrected chi connectivity index (χ0v) is 9.56. The number of carbonyl (C=O) groups is 1. The zero-order valence-electron chi connectivity index (χ0n) is 9.56. The topological polar surface area (TPSA) is 55.6 Å². The van der Waals surface area contributed by atoms with Crippen molar-refractivity contribution >= 4 is 17.3 Å². The molecule has 0 saturated heterocycles. The van der Waals surface area contributed by atoms with Crippen molar-refractivity contribution in [1.82, 2.24) is 0 Å². The van der Waals surface area contributed by atoms with Crippen molar-refractivity contribution in [3.63, 3.8) is 0 Å². The first-order chi connectivity index (χ1) is 7.56. The molecule has 0 saturated carbocycles. The predicted molar refractivity (Wildman–Crippen MR) is 65.7 cm³/mol. The van der Waals surface area contributed by atoms with Gasteiger partial charge in [-0.3, -0.25) is 0 Å². The second-order valence-corrected chi connectivity index (χ2v) is 3.56. The van der Waals surface area contributed by atoms with E-state index in [1.807, 2.05) is 19.0 Å². The molecule has 86 valence electrons. The van der Waals surface area contributed by atoms with Crippen molar-refractivity contribution in [3.8, 4) is 0 Å². The Labute approximate surface area is 95.3 Å². The highest BCUT2D eigenvalue weighted by Crippen LogP contribution is 2.22. The van der Waals surface area contributed by atoms with Gasteiger partial charge in [-0.15, -0.1) is 0 Å². The summed E-state index contributed by atoms with van der Waals surface area (Å²) in [5.41, 5.74) is 7.43. The maximum atomic E-state index is 11.7. The minimum Gasteiger partial charge on any atom is -0.458 e. The van der Waals surface area contributed by atoms with Crippen LogP contribution in [0.1, 0.15) is 10.4 Å². The van der Waals surface area contributed by atoms with Crippen LogP contribution in [0, 0.1) is 0 Å². The third-order valence-corrected chi connectivity index (χ3v) is 2.05. The highest BCUT2D eigenvalue weighted by Gasteiger charge is 2.14. The first-order valence-corrected chi connectivity index (χ1v) is 4.91. The van der Waals surface area contributed by atoms with Gasteiger partial charge in [0.05, 0.1) is 11.3 Å². The highest BCUT2D eigenvalue weighted by atomic mass is 16.5. The Morgan fingerprint density at radius 3 is 2.81 bits per heavy atom. The van der Waals surface area contributed by atoms with E-state index in [9.17, 15) is 4.79 Å². The molecule has 0 radical (unpaired) electrons. The number of nitrogens with two attached hydrogens (primary N) is 1. The van der Waals surface area contributed by atoms with Crippen molar-refractivity contribution in [1.29, 1.82) is 0 Å². The molecule has 0 aromatic heterocycles. The number of nitrogens with zero attached hydrogens (tertiary/aromatic N) is 1. The molecular formula is C12H16N2O2. The number of carbonyl (C=O) groups excluding carboxylic acids is 1. The minimum absolute atomic E-state index is 0.195. The van der Waals surface area contributed by atoms with Crippen molar-refractivity contribution in [2.24, 2.45) is 0 Å². The number of hydrogen-bond acceptors (Lipinski definition) is 4. The van der Waals surface area contributed by atoms with Gasteiger partial charge in [-0.25, -0.2) is 4.79 Å². The molecule has 4 nitrogen and oxygen atoms in total. The van der Waals surface area contributed by atoms with Crippen LogP contribution in [0.2, 0.25) is 0 Å². The predicted octanol–water partition coefficient (Wildman–Crippen LogP) is 1.68. The Morgan fingerprint density at radius 1 is 1.56 bits per heavy atom. The lowest BCUT2D eigenvalue weighted by Crippen LogP contribution is -2.15. The Bertz CT molecular complexity index is 400. The lowest BCUT2D eigenvalue weighted by molar-refractivity contribution is 0.0550. The SMILES string of the molecule is C=CCOC(=O)c1cc(N)ccc1N(C)C. The number of nitrogen functional groups attached to an aromatic ring is 1. The number of rotatable bonds is 4. The molecule has 0 bridgehead atoms. The standard InChI is InChI=1S/C12H16N2O2/c1-4-7-16-12(15)10-8-9(13)5-6-11(10)14(2)3/h4-6,8H,1,7,13H2,2-3H3. The molecule has 4 heteroatoms. The fourth-order valence-corrected chi connectivity index (χ4v) is 1.32. The van der Waals surface area contributed by atoms with Crippen LogP contribution in [0.5, 0.6) is 0 Å². The molecule has 0 aliphatic carbocycles. The van der Waals surface area contributed by atoms with E-state index in [0.29, 0.717) is 11.3 Å². The van der Waals surface area contributed by atoms with Crippen LogP contribution >= 0.6 is 0 Å². The maximum Gasteiger partial charge on any atom is 0.340 e. The largest absolute Gasteiger partial charge is 0.458 e. The van der Waals surface area contributed by atoms with E-state index in [0.717, 1.165) is 5.69 Å². The van der Waals surface area contributed by atoms with Gasteiger partial charge in [0.25, 0.3) is 0 Å². The Kier molecular flexibility index (Phi) is 3.94. The van der Waals surface area contributed by atoms with Gasteiger partial charge >= 0.3 is 5.97 Å². The number of anilines is 2. The average molecular weight is 220 g/mol. The smallest absolute Gasteiger partial charge is 0.340 e. The zero-order chi connectivity index (χ0) is 12.1. The van der Waals surface area contributed by atoms with Crippen LogP contribution in [0.25, 0.3) is 0 Å². The fourth-order valence-electron chi connectivity index (χ4n) is 1.32. The summed E-state index contributed by atoms with van der Waals surface area (Å²) in [5, 5.41) is 0. The van der Waals surface area contributed by atoms with Gasteiger partial charge in [0.1, 0.15) is 6.61 Å². The Morgan fingerprint density at radius 2 is 2.25 bits per heavy atom. The van der Waals surface area contributed by atoms with Gasteiger partial charge < -0.3 is 15.4 Å². The summed E-state index contributed by atoms with van der Waals surface area (Å²) in [5.74, 6) is -0.393. The first-order valence-electron chi connectivity index (χ1n) is 4.91. The molecular weight excluding hydrogens is 204 g/mol. The van der Waals surface area contributed by atoms with E-state index in [-0.39, 0.29) is 6.61 Å². The van der Waals surface area contributed by atoms with Crippen molar-refractivity contribution in [2.45, 2.75) is 0 Å². The summed E-state index contributed by atoms with van der Waals surface area (Å²) in [6, 6.07) is 5.15. The summed E-state index contributed by atoms with van der Waals surface area (Å²) in [7, 11) is 3.71. The molecule has 2 N–H and O–H groups in total. The Balaban J connectivity index is 3.04. The molecule has 0 unspecified atom stereocenters. The third kappa shape index (κ3) is 2.76. The molecule has 1 aromatic carbocycles. The van der Waals surface area contributed by atoms with Crippen LogP contribution in [0.15, 0.2) is 30.9 Å². The normalized spacial score (nSPS) is 9.62. The van der Waals surface area contributed by atoms with Gasteiger partial charge in [-0.05, 0) is 18.2 Å². The molecule has 1 aromatic rings. The molecule has 0 amide bonds. The molecule has 16 heavy (non-hydrogen) atoms. The van der Waals surface area contributed by atoms with E-state index >= 15 is 0 Å². The number of benzene rings is 1. The van der Waals surface area contributed by atoms with Gasteiger partial charge in [0.15, 0.2) is 0 Å². The average Bonchev–Trinajstić information content (AvgIpc) is 2.25. The number of esters is 1. The second-order valence-electron chi connectivity index (χ2n) is 3.56. The van der Waals surface area contributed by atoms with Crippen LogP contribution in [0.3, 0.4) is 0 Å². The van der Waals surface area contributed by atoms with Crippen LogP contribution < -0.4 is 10.6 Å². The third-order valence-electron chi connectivity index (χ3n) is 2.05. The van der Waals surface area contributed by atoms with Crippen LogP contribution in [-0.2, 0) is 4.74 Å². The minimum atomic E-state index is -0.393. The van der Waals surface area contributed by atoms with Crippen LogP contribution in [0.4, 0.5) is 11.4 Å². The summed E-state index contributed by atoms with van der Waals surface area (Å²) < 4.78 is 4.98. The number of hydrogen-bond donors (Lipinski definition) is 1. The van der Waals surface area contributed by atoms with Gasteiger partial charge in [-0.1, -0.05) is 12.7 Å². The maximum absolute atomic E-state index is 11.7. The highest BCUT2D eigenvalue weighted by molar-refractivity contribution is 5.96. The molecule has 0 heterocycles. The van der Waals surface area contributed by atoms with Crippen molar-refractivity contribution < 1.29 is 9.53 Å². The van der Waals surface area contributed by atoms with E-state index in [4.69, 9.17) is 10.5 Å². The van der Waals surface area contributed by atoms with Gasteiger partial charge in [0.2, 0.25) is 0 Å². The summed E-state index contributed by atoms with van der Waals surface area (Å²) in [6.45, 7) is 3.68. The quantitative estimate of drug-likeness (QED) is 0.476. The summed E-state index contributed by atoms with van der Waals surface area (Å²) in [4.78, 5) is 13.6. The molecule has 0 aliphatic heterocycles. The lowest BCUT2D eigenvalue weighted by atomic mass is 10.1. The summed E-state index contributed by atoms with van der Waals surface area (Å²) in [6.07, 6.45) is 1.53. The second kappa shape index (κ2) is 5.21. The van der Waals surface area contributed by atoms with Crippen molar-refractivity contribution in [2.75, 3.05) is 31.3 Å². The van der Waals surface area contributed by atoms with E-state index in [2.05, 4.69) is 6.58 Å². The fraction of sp³-hybridized carbons (Fsp3) is 0.250. The monoisotopic (exact) mass is 220 g/mol.